The van der Waals surface area contributed by atoms with Gasteiger partial charge in [0.2, 0.25) is 5.91 Å². The molecule has 1 aromatic carbocycles. The van der Waals surface area contributed by atoms with Crippen LogP contribution in [0.3, 0.4) is 0 Å². The molecule has 4 N–H and O–H groups in total. The lowest BCUT2D eigenvalue weighted by Gasteiger charge is -2.06. The highest BCUT2D eigenvalue weighted by Gasteiger charge is 2.04. The van der Waals surface area contributed by atoms with Crippen molar-refractivity contribution < 1.29 is 19.1 Å². The van der Waals surface area contributed by atoms with Crippen molar-refractivity contribution in [3.05, 3.63) is 24.3 Å². The number of carbonyl (C=O) groups is 2. The summed E-state index contributed by atoms with van der Waals surface area (Å²) in [5.41, 5.74) is 11.1. The van der Waals surface area contributed by atoms with Crippen LogP contribution in [0.25, 0.3) is 0 Å². The van der Waals surface area contributed by atoms with Crippen molar-refractivity contribution in [3.63, 3.8) is 0 Å². The SMILES string of the molecule is NC(=O)CCOC(=O)CCOc1cccc(N)c1. The Balaban J connectivity index is 2.17. The second-order valence-electron chi connectivity index (χ2n) is 3.61. The average molecular weight is 252 g/mol. The standard InChI is InChI=1S/C12H16N2O4/c13-9-2-1-3-10(8-9)17-7-5-12(16)18-6-4-11(14)15/h1-3,8H,4-7,13H2,(H2,14,15). The van der Waals surface area contributed by atoms with Crippen LogP contribution in [0.4, 0.5) is 5.69 Å². The van der Waals surface area contributed by atoms with Crippen molar-refractivity contribution in [2.45, 2.75) is 12.8 Å². The molecule has 0 atom stereocenters. The molecule has 0 aliphatic carbocycles. The van der Waals surface area contributed by atoms with Crippen molar-refractivity contribution >= 4 is 17.6 Å². The van der Waals surface area contributed by atoms with Gasteiger partial charge in [0, 0.05) is 11.8 Å². The first kappa shape index (κ1) is 13.8. The highest BCUT2D eigenvalue weighted by Crippen LogP contribution is 2.14. The quantitative estimate of drug-likeness (QED) is 0.541. The number of benzene rings is 1. The van der Waals surface area contributed by atoms with Crippen LogP contribution in [-0.4, -0.2) is 25.1 Å². The summed E-state index contributed by atoms with van der Waals surface area (Å²) in [5, 5.41) is 0. The second kappa shape index (κ2) is 7.16. The van der Waals surface area contributed by atoms with Gasteiger partial charge in [-0.05, 0) is 12.1 Å². The predicted octanol–water partition coefficient (Wildman–Crippen LogP) is 0.456. The summed E-state index contributed by atoms with van der Waals surface area (Å²) in [5.74, 6) is -0.334. The first-order chi connectivity index (χ1) is 8.58. The molecule has 0 spiro atoms. The number of nitrogens with two attached hydrogens (primary N) is 2. The van der Waals surface area contributed by atoms with Crippen LogP contribution in [0.15, 0.2) is 24.3 Å². The minimum absolute atomic E-state index is 0.00640. The number of ether oxygens (including phenoxy) is 2. The van der Waals surface area contributed by atoms with Gasteiger partial charge >= 0.3 is 5.97 Å². The highest BCUT2D eigenvalue weighted by molar-refractivity contribution is 5.74. The molecule has 18 heavy (non-hydrogen) atoms. The lowest BCUT2D eigenvalue weighted by molar-refractivity contribution is -0.144. The minimum atomic E-state index is -0.501. The van der Waals surface area contributed by atoms with Gasteiger partial charge in [0.15, 0.2) is 0 Å². The summed E-state index contributed by atoms with van der Waals surface area (Å²) in [4.78, 5) is 21.6. The van der Waals surface area contributed by atoms with E-state index in [1.54, 1.807) is 24.3 Å². The van der Waals surface area contributed by atoms with Crippen molar-refractivity contribution in [1.82, 2.24) is 0 Å². The largest absolute Gasteiger partial charge is 0.493 e. The van der Waals surface area contributed by atoms with E-state index in [1.165, 1.54) is 0 Å². The van der Waals surface area contributed by atoms with Crippen LogP contribution in [-0.2, 0) is 14.3 Å². The van der Waals surface area contributed by atoms with Crippen molar-refractivity contribution in [2.24, 2.45) is 5.73 Å². The summed E-state index contributed by atoms with van der Waals surface area (Å²) < 4.78 is 10.1. The van der Waals surface area contributed by atoms with Crippen molar-refractivity contribution in [3.8, 4) is 5.75 Å². The summed E-state index contributed by atoms with van der Waals surface area (Å²) in [6.07, 6.45) is 0.134. The van der Waals surface area contributed by atoms with Gasteiger partial charge in [0.1, 0.15) is 12.4 Å². The fourth-order valence-corrected chi connectivity index (χ4v) is 1.19. The Labute approximate surface area is 105 Å². The van der Waals surface area contributed by atoms with Crippen LogP contribution in [0.2, 0.25) is 0 Å². The van der Waals surface area contributed by atoms with E-state index in [4.69, 9.17) is 20.9 Å². The van der Waals surface area contributed by atoms with Gasteiger partial charge in [-0.3, -0.25) is 9.59 Å². The fraction of sp³-hybridized carbons (Fsp3) is 0.333. The molecule has 0 saturated carbocycles. The Morgan fingerprint density at radius 1 is 1.17 bits per heavy atom. The second-order valence-corrected chi connectivity index (χ2v) is 3.61. The Kier molecular flexibility index (Phi) is 5.50. The van der Waals surface area contributed by atoms with E-state index in [1.807, 2.05) is 0 Å². The number of nitrogen functional groups attached to an aromatic ring is 1. The monoisotopic (exact) mass is 252 g/mol. The van der Waals surface area contributed by atoms with Gasteiger partial charge < -0.3 is 20.9 Å². The molecule has 0 unspecified atom stereocenters. The van der Waals surface area contributed by atoms with E-state index in [0.717, 1.165) is 0 Å². The molecule has 6 heteroatoms. The Hall–Kier alpha value is -2.24. The number of esters is 1. The molecule has 0 heterocycles. The molecule has 98 valence electrons. The maximum absolute atomic E-state index is 11.2. The van der Waals surface area contributed by atoms with E-state index in [-0.39, 0.29) is 26.1 Å². The van der Waals surface area contributed by atoms with Crippen molar-refractivity contribution in [2.75, 3.05) is 18.9 Å². The molecular formula is C12H16N2O4. The van der Waals surface area contributed by atoms with Crippen LogP contribution in [0.1, 0.15) is 12.8 Å². The van der Waals surface area contributed by atoms with Crippen LogP contribution in [0.5, 0.6) is 5.75 Å². The zero-order valence-corrected chi connectivity index (χ0v) is 9.93. The maximum atomic E-state index is 11.2. The zero-order valence-electron chi connectivity index (χ0n) is 9.93. The molecule has 6 nitrogen and oxygen atoms in total. The summed E-state index contributed by atoms with van der Waals surface area (Å²) in [7, 11) is 0. The highest BCUT2D eigenvalue weighted by atomic mass is 16.5. The van der Waals surface area contributed by atoms with Crippen molar-refractivity contribution in [1.29, 1.82) is 0 Å². The lowest BCUT2D eigenvalue weighted by Crippen LogP contribution is -2.16. The molecule has 1 rings (SSSR count). The molecule has 0 saturated heterocycles. The van der Waals surface area contributed by atoms with E-state index in [2.05, 4.69) is 0 Å². The average Bonchev–Trinajstić information content (AvgIpc) is 2.28. The van der Waals surface area contributed by atoms with E-state index in [9.17, 15) is 9.59 Å². The van der Waals surface area contributed by atoms with E-state index < -0.39 is 11.9 Å². The van der Waals surface area contributed by atoms with Gasteiger partial charge in [0.25, 0.3) is 0 Å². The number of rotatable bonds is 7. The number of anilines is 1. The zero-order chi connectivity index (χ0) is 13.4. The Morgan fingerprint density at radius 2 is 1.94 bits per heavy atom. The number of primary amides is 1. The van der Waals surface area contributed by atoms with Gasteiger partial charge in [-0.15, -0.1) is 0 Å². The number of hydrogen-bond acceptors (Lipinski definition) is 5. The van der Waals surface area contributed by atoms with Crippen LogP contribution >= 0.6 is 0 Å². The van der Waals surface area contributed by atoms with Crippen LogP contribution < -0.4 is 16.2 Å². The molecular weight excluding hydrogens is 236 g/mol. The molecule has 0 aromatic heterocycles. The van der Waals surface area contributed by atoms with Gasteiger partial charge in [-0.1, -0.05) is 6.07 Å². The number of hydrogen-bond donors (Lipinski definition) is 2. The molecule has 0 aliphatic heterocycles. The summed E-state index contributed by atoms with van der Waals surface area (Å²) in [6, 6.07) is 6.91. The normalized spacial score (nSPS) is 9.78. The number of amides is 1. The van der Waals surface area contributed by atoms with E-state index >= 15 is 0 Å². The molecule has 0 bridgehead atoms. The first-order valence-corrected chi connectivity index (χ1v) is 5.50. The molecule has 0 fully saturated rings. The topological polar surface area (TPSA) is 105 Å². The molecule has 1 amide bonds. The first-order valence-electron chi connectivity index (χ1n) is 5.50. The van der Waals surface area contributed by atoms with E-state index in [0.29, 0.717) is 11.4 Å². The molecule has 0 aliphatic rings. The Bertz CT molecular complexity index is 420. The number of carbonyl (C=O) groups excluding carboxylic acids is 2. The lowest BCUT2D eigenvalue weighted by atomic mass is 10.3. The third-order valence-corrected chi connectivity index (χ3v) is 2.04. The minimum Gasteiger partial charge on any atom is -0.493 e. The van der Waals surface area contributed by atoms with Gasteiger partial charge in [0.05, 0.1) is 19.4 Å². The predicted molar refractivity (Wildman–Crippen MR) is 65.7 cm³/mol. The third-order valence-electron chi connectivity index (χ3n) is 2.04. The third kappa shape index (κ3) is 5.74. The molecule has 1 aromatic rings. The van der Waals surface area contributed by atoms with Gasteiger partial charge in [-0.2, -0.15) is 0 Å². The summed E-state index contributed by atoms with van der Waals surface area (Å²) in [6.45, 7) is 0.200. The Morgan fingerprint density at radius 3 is 2.61 bits per heavy atom. The van der Waals surface area contributed by atoms with Crippen LogP contribution in [0, 0.1) is 0 Å². The smallest absolute Gasteiger partial charge is 0.309 e. The molecule has 0 radical (unpaired) electrons. The fourth-order valence-electron chi connectivity index (χ4n) is 1.19. The summed E-state index contributed by atoms with van der Waals surface area (Å²) >= 11 is 0. The van der Waals surface area contributed by atoms with Gasteiger partial charge in [-0.25, -0.2) is 0 Å². The maximum Gasteiger partial charge on any atom is 0.309 e.